The third kappa shape index (κ3) is 2.90. The first-order valence-electron chi connectivity index (χ1n) is 7.20. The molecule has 6 heteroatoms. The third-order valence-electron chi connectivity index (χ3n) is 3.90. The van der Waals surface area contributed by atoms with Gasteiger partial charge < -0.3 is 9.64 Å². The summed E-state index contributed by atoms with van der Waals surface area (Å²) in [5.74, 6) is 0.799. The van der Waals surface area contributed by atoms with Crippen molar-refractivity contribution in [2.24, 2.45) is 0 Å². The van der Waals surface area contributed by atoms with Gasteiger partial charge in [-0.3, -0.25) is 10.1 Å². The third-order valence-corrected chi connectivity index (χ3v) is 3.90. The van der Waals surface area contributed by atoms with Crippen molar-refractivity contribution in [3.05, 3.63) is 17.8 Å². The molecule has 3 heterocycles. The van der Waals surface area contributed by atoms with Crippen LogP contribution in [0.1, 0.15) is 25.0 Å². The fourth-order valence-corrected chi connectivity index (χ4v) is 2.81. The van der Waals surface area contributed by atoms with Gasteiger partial charge in [0, 0.05) is 25.6 Å². The molecule has 2 aliphatic rings. The van der Waals surface area contributed by atoms with E-state index < -0.39 is 0 Å². The van der Waals surface area contributed by atoms with Gasteiger partial charge in [0.25, 0.3) is 0 Å². The number of anilines is 1. The number of carbonyl (C=O) groups excluding carboxylic acids is 1. The summed E-state index contributed by atoms with van der Waals surface area (Å²) in [5.41, 5.74) is 0.925. The number of nitrogens with zero attached hydrogens (tertiary/aromatic N) is 3. The molecule has 20 heavy (non-hydrogen) atoms. The first-order valence-corrected chi connectivity index (χ1v) is 7.20. The molecule has 1 N–H and O–H groups in total. The Morgan fingerprint density at radius 1 is 1.35 bits per heavy atom. The van der Waals surface area contributed by atoms with E-state index in [1.807, 2.05) is 19.1 Å². The summed E-state index contributed by atoms with van der Waals surface area (Å²) in [6.07, 6.45) is 2.95. The predicted octanol–water partition coefficient (Wildman–Crippen LogP) is 0.659. The number of esters is 1. The Kier molecular flexibility index (Phi) is 3.82. The zero-order chi connectivity index (χ0) is 13.9. The van der Waals surface area contributed by atoms with Crippen LogP contribution in [-0.4, -0.2) is 47.9 Å². The van der Waals surface area contributed by atoms with E-state index in [-0.39, 0.29) is 12.0 Å². The summed E-state index contributed by atoms with van der Waals surface area (Å²) in [5, 5.41) is 11.8. The summed E-state index contributed by atoms with van der Waals surface area (Å²) in [7, 11) is 0. The van der Waals surface area contributed by atoms with Crippen molar-refractivity contribution in [3.8, 4) is 0 Å². The van der Waals surface area contributed by atoms with Gasteiger partial charge in [-0.05, 0) is 31.9 Å². The molecule has 0 radical (unpaired) electrons. The van der Waals surface area contributed by atoms with Gasteiger partial charge in [0.2, 0.25) is 0 Å². The summed E-state index contributed by atoms with van der Waals surface area (Å²) in [6.45, 7) is 4.33. The van der Waals surface area contributed by atoms with Gasteiger partial charge in [0.15, 0.2) is 5.82 Å². The number of cyclic esters (lactones) is 1. The number of ether oxygens (including phenoxy) is 1. The standard InChI is InChI=1S/C14H20N4O2/c1-10-4-5-13(17-16-10)18-7-2-3-11(9-18)15-12-6-8-20-14(12)19/h4-5,11-12,15H,2-3,6-9H2,1H3/t11-,12+/m0/s1. The number of aromatic nitrogens is 2. The lowest BCUT2D eigenvalue weighted by atomic mass is 10.0. The molecule has 2 atom stereocenters. The molecule has 0 aliphatic carbocycles. The normalized spacial score (nSPS) is 26.6. The Labute approximate surface area is 118 Å². The minimum atomic E-state index is -0.135. The lowest BCUT2D eigenvalue weighted by Crippen LogP contribution is -2.50. The number of piperidine rings is 1. The minimum Gasteiger partial charge on any atom is -0.464 e. The molecule has 3 rings (SSSR count). The van der Waals surface area contributed by atoms with Crippen LogP contribution in [0.15, 0.2) is 12.1 Å². The molecule has 2 aliphatic heterocycles. The van der Waals surface area contributed by atoms with Crippen LogP contribution in [0.3, 0.4) is 0 Å². The number of hydrogen-bond donors (Lipinski definition) is 1. The number of aryl methyl sites for hydroxylation is 1. The van der Waals surface area contributed by atoms with Gasteiger partial charge in [0.05, 0.1) is 12.3 Å². The SMILES string of the molecule is Cc1ccc(N2CCC[C@H](N[C@@H]3CCOC3=O)C2)nn1. The molecule has 0 unspecified atom stereocenters. The highest BCUT2D eigenvalue weighted by Crippen LogP contribution is 2.18. The molecule has 2 fully saturated rings. The number of hydrogen-bond acceptors (Lipinski definition) is 6. The minimum absolute atomic E-state index is 0.114. The van der Waals surface area contributed by atoms with E-state index in [9.17, 15) is 4.79 Å². The van der Waals surface area contributed by atoms with E-state index in [2.05, 4.69) is 20.4 Å². The lowest BCUT2D eigenvalue weighted by Gasteiger charge is -2.34. The largest absolute Gasteiger partial charge is 0.464 e. The van der Waals surface area contributed by atoms with Crippen molar-refractivity contribution in [1.82, 2.24) is 15.5 Å². The smallest absolute Gasteiger partial charge is 0.323 e. The number of rotatable bonds is 3. The lowest BCUT2D eigenvalue weighted by molar-refractivity contribution is -0.139. The molecule has 0 saturated carbocycles. The molecule has 1 aromatic heterocycles. The van der Waals surface area contributed by atoms with Crippen LogP contribution in [0.25, 0.3) is 0 Å². The van der Waals surface area contributed by atoms with E-state index in [1.165, 1.54) is 0 Å². The van der Waals surface area contributed by atoms with Gasteiger partial charge in [0.1, 0.15) is 6.04 Å². The molecule has 1 aromatic rings. The van der Waals surface area contributed by atoms with Gasteiger partial charge in [-0.25, -0.2) is 0 Å². The molecule has 0 amide bonds. The van der Waals surface area contributed by atoms with Crippen molar-refractivity contribution in [2.75, 3.05) is 24.6 Å². The second-order valence-corrected chi connectivity index (χ2v) is 5.49. The topological polar surface area (TPSA) is 67.3 Å². The Balaban J connectivity index is 1.61. The molecule has 2 saturated heterocycles. The maximum Gasteiger partial charge on any atom is 0.323 e. The zero-order valence-electron chi connectivity index (χ0n) is 11.7. The van der Waals surface area contributed by atoms with E-state index in [0.29, 0.717) is 12.6 Å². The van der Waals surface area contributed by atoms with E-state index in [0.717, 1.165) is 43.9 Å². The van der Waals surface area contributed by atoms with Crippen LogP contribution in [-0.2, 0) is 9.53 Å². The van der Waals surface area contributed by atoms with Crippen molar-refractivity contribution >= 4 is 11.8 Å². The maximum absolute atomic E-state index is 11.5. The molecule has 6 nitrogen and oxygen atoms in total. The van der Waals surface area contributed by atoms with Crippen LogP contribution in [0.4, 0.5) is 5.82 Å². The molecule has 0 aromatic carbocycles. The van der Waals surface area contributed by atoms with Crippen molar-refractivity contribution in [3.63, 3.8) is 0 Å². The summed E-state index contributed by atoms with van der Waals surface area (Å²) in [6, 6.07) is 4.16. The highest BCUT2D eigenvalue weighted by molar-refractivity contribution is 5.77. The molecular weight excluding hydrogens is 256 g/mol. The number of nitrogens with one attached hydrogen (secondary N) is 1. The molecule has 108 valence electrons. The molecular formula is C14H20N4O2. The molecule has 0 spiro atoms. The summed E-state index contributed by atoms with van der Waals surface area (Å²) < 4.78 is 4.99. The summed E-state index contributed by atoms with van der Waals surface area (Å²) in [4.78, 5) is 13.7. The van der Waals surface area contributed by atoms with Crippen LogP contribution in [0, 0.1) is 6.92 Å². The Hall–Kier alpha value is -1.69. The monoisotopic (exact) mass is 276 g/mol. The Morgan fingerprint density at radius 3 is 2.95 bits per heavy atom. The van der Waals surface area contributed by atoms with Crippen LogP contribution in [0.5, 0.6) is 0 Å². The van der Waals surface area contributed by atoms with E-state index in [4.69, 9.17) is 4.74 Å². The zero-order valence-corrected chi connectivity index (χ0v) is 11.7. The van der Waals surface area contributed by atoms with Crippen LogP contribution < -0.4 is 10.2 Å². The highest BCUT2D eigenvalue weighted by Gasteiger charge is 2.30. The van der Waals surface area contributed by atoms with Crippen LogP contribution >= 0.6 is 0 Å². The quantitative estimate of drug-likeness (QED) is 0.818. The van der Waals surface area contributed by atoms with Gasteiger partial charge in [-0.2, -0.15) is 5.10 Å². The average molecular weight is 276 g/mol. The number of carbonyl (C=O) groups is 1. The fraction of sp³-hybridized carbons (Fsp3) is 0.643. The van der Waals surface area contributed by atoms with Gasteiger partial charge in [-0.1, -0.05) is 0 Å². The first-order chi connectivity index (χ1) is 9.72. The summed E-state index contributed by atoms with van der Waals surface area (Å²) >= 11 is 0. The van der Waals surface area contributed by atoms with Crippen LogP contribution in [0.2, 0.25) is 0 Å². The predicted molar refractivity (Wildman–Crippen MR) is 74.5 cm³/mol. The molecule has 0 bridgehead atoms. The van der Waals surface area contributed by atoms with Crippen molar-refractivity contribution in [2.45, 2.75) is 38.3 Å². The van der Waals surface area contributed by atoms with E-state index >= 15 is 0 Å². The second-order valence-electron chi connectivity index (χ2n) is 5.49. The second kappa shape index (κ2) is 5.75. The Bertz CT molecular complexity index is 477. The highest BCUT2D eigenvalue weighted by atomic mass is 16.5. The van der Waals surface area contributed by atoms with Gasteiger partial charge >= 0.3 is 5.97 Å². The first kappa shape index (κ1) is 13.3. The van der Waals surface area contributed by atoms with Crippen molar-refractivity contribution < 1.29 is 9.53 Å². The Morgan fingerprint density at radius 2 is 2.25 bits per heavy atom. The van der Waals surface area contributed by atoms with E-state index in [1.54, 1.807) is 0 Å². The maximum atomic E-state index is 11.5. The fourth-order valence-electron chi connectivity index (χ4n) is 2.81. The van der Waals surface area contributed by atoms with Crippen molar-refractivity contribution in [1.29, 1.82) is 0 Å². The average Bonchev–Trinajstić information content (AvgIpc) is 2.85. The van der Waals surface area contributed by atoms with Gasteiger partial charge in [-0.15, -0.1) is 5.10 Å².